The van der Waals surface area contributed by atoms with E-state index in [9.17, 15) is 9.90 Å². The number of fused-ring (bicyclic) bond motifs is 1. The minimum absolute atomic E-state index is 0.0581. The van der Waals surface area contributed by atoms with Crippen molar-refractivity contribution in [2.75, 3.05) is 6.61 Å². The van der Waals surface area contributed by atoms with E-state index in [4.69, 9.17) is 4.74 Å². The Bertz CT molecular complexity index is 1070. The summed E-state index contributed by atoms with van der Waals surface area (Å²) < 4.78 is 5.63. The molecule has 0 aromatic heterocycles. The Balaban J connectivity index is 1.62. The molecule has 0 fully saturated rings. The largest absolute Gasteiger partial charge is 0.507 e. The molecule has 0 bridgehead atoms. The topological polar surface area (TPSA) is 70.9 Å². The van der Waals surface area contributed by atoms with Crippen molar-refractivity contribution in [3.63, 3.8) is 0 Å². The lowest BCUT2D eigenvalue weighted by Gasteiger charge is -2.20. The van der Waals surface area contributed by atoms with Gasteiger partial charge in [-0.2, -0.15) is 5.10 Å². The Morgan fingerprint density at radius 2 is 1.90 bits per heavy atom. The van der Waals surface area contributed by atoms with Gasteiger partial charge < -0.3 is 9.84 Å². The van der Waals surface area contributed by atoms with E-state index in [1.165, 1.54) is 11.8 Å². The number of aryl methyl sites for hydroxylation is 1. The molecule has 3 aromatic rings. The maximum Gasteiger partial charge on any atom is 0.277 e. The summed E-state index contributed by atoms with van der Waals surface area (Å²) in [5.74, 6) is 0.400. The van der Waals surface area contributed by atoms with Gasteiger partial charge in [-0.25, -0.2) is 5.43 Å². The standard InChI is InChI=1S/C24H26N2O3/c1-16-13-18(24(2,3)4)10-12-22(16)29-15-23(28)26-25-14-20-19-8-6-5-7-17(19)9-11-21(20)27/h5-14,27H,15H2,1-4H3,(H,26,28)/b25-14-. The van der Waals surface area contributed by atoms with Gasteiger partial charge in [-0.3, -0.25) is 4.79 Å². The van der Waals surface area contributed by atoms with Crippen LogP contribution in [0.25, 0.3) is 10.8 Å². The number of amides is 1. The van der Waals surface area contributed by atoms with Crippen molar-refractivity contribution in [1.82, 2.24) is 5.43 Å². The Hall–Kier alpha value is -3.34. The van der Waals surface area contributed by atoms with E-state index < -0.39 is 0 Å². The van der Waals surface area contributed by atoms with E-state index >= 15 is 0 Å². The zero-order valence-electron chi connectivity index (χ0n) is 17.2. The molecule has 0 aliphatic carbocycles. The van der Waals surface area contributed by atoms with Gasteiger partial charge in [0.1, 0.15) is 11.5 Å². The predicted octanol–water partition coefficient (Wildman–Crippen LogP) is 4.68. The second-order valence-electron chi connectivity index (χ2n) is 8.03. The highest BCUT2D eigenvalue weighted by atomic mass is 16.5. The number of aromatic hydroxyl groups is 1. The molecule has 150 valence electrons. The van der Waals surface area contributed by atoms with Gasteiger partial charge in [0, 0.05) is 5.56 Å². The van der Waals surface area contributed by atoms with Gasteiger partial charge in [0.05, 0.1) is 6.21 Å². The Morgan fingerprint density at radius 1 is 1.14 bits per heavy atom. The fraction of sp³-hybridized carbons (Fsp3) is 0.250. The van der Waals surface area contributed by atoms with Crippen LogP contribution in [-0.4, -0.2) is 23.8 Å². The van der Waals surface area contributed by atoms with E-state index in [1.807, 2.05) is 49.4 Å². The maximum absolute atomic E-state index is 12.1. The zero-order valence-corrected chi connectivity index (χ0v) is 17.2. The number of phenols is 1. The van der Waals surface area contributed by atoms with Gasteiger partial charge in [0.15, 0.2) is 6.61 Å². The highest BCUT2D eigenvalue weighted by molar-refractivity contribution is 6.02. The first kappa shape index (κ1) is 20.4. The number of hydrazone groups is 1. The van der Waals surface area contributed by atoms with Crippen LogP contribution in [0.5, 0.6) is 11.5 Å². The van der Waals surface area contributed by atoms with Gasteiger partial charge in [-0.1, -0.05) is 63.2 Å². The summed E-state index contributed by atoms with van der Waals surface area (Å²) in [5, 5.41) is 15.9. The van der Waals surface area contributed by atoms with Crippen LogP contribution in [0.3, 0.4) is 0 Å². The molecule has 2 N–H and O–H groups in total. The summed E-state index contributed by atoms with van der Waals surface area (Å²) in [7, 11) is 0. The maximum atomic E-state index is 12.1. The van der Waals surface area contributed by atoms with Crippen LogP contribution in [0, 0.1) is 6.92 Å². The quantitative estimate of drug-likeness (QED) is 0.491. The number of carbonyl (C=O) groups is 1. The lowest BCUT2D eigenvalue weighted by Crippen LogP contribution is -2.24. The number of hydrogen-bond acceptors (Lipinski definition) is 4. The minimum atomic E-state index is -0.375. The fourth-order valence-corrected chi connectivity index (χ4v) is 3.04. The van der Waals surface area contributed by atoms with Crippen molar-refractivity contribution in [3.8, 4) is 11.5 Å². The SMILES string of the molecule is Cc1cc(C(C)(C)C)ccc1OCC(=O)N/N=C\c1c(O)ccc2ccccc12. The summed E-state index contributed by atoms with van der Waals surface area (Å²) in [5.41, 5.74) is 5.25. The number of rotatable bonds is 5. The van der Waals surface area contributed by atoms with Crippen molar-refractivity contribution in [2.24, 2.45) is 5.10 Å². The van der Waals surface area contributed by atoms with Gasteiger partial charge in [-0.15, -0.1) is 0 Å². The second-order valence-corrected chi connectivity index (χ2v) is 8.03. The Kier molecular flexibility index (Phi) is 5.87. The smallest absolute Gasteiger partial charge is 0.277 e. The van der Waals surface area contributed by atoms with Gasteiger partial charge in [0.25, 0.3) is 5.91 Å². The molecule has 0 heterocycles. The lowest BCUT2D eigenvalue weighted by atomic mass is 9.86. The molecule has 5 heteroatoms. The first-order valence-corrected chi connectivity index (χ1v) is 9.52. The van der Waals surface area contributed by atoms with Crippen molar-refractivity contribution < 1.29 is 14.6 Å². The van der Waals surface area contributed by atoms with Crippen molar-refractivity contribution in [1.29, 1.82) is 0 Å². The molecule has 3 rings (SSSR count). The molecule has 0 aliphatic rings. The van der Waals surface area contributed by atoms with Crippen LogP contribution in [0.1, 0.15) is 37.5 Å². The lowest BCUT2D eigenvalue weighted by molar-refractivity contribution is -0.123. The first-order chi connectivity index (χ1) is 13.8. The minimum Gasteiger partial charge on any atom is -0.507 e. The molecule has 3 aromatic carbocycles. The van der Waals surface area contributed by atoms with E-state index in [1.54, 1.807) is 6.07 Å². The highest BCUT2D eigenvalue weighted by Crippen LogP contribution is 2.27. The number of phenolic OH excluding ortho intramolecular Hbond substituents is 1. The Labute approximate surface area is 171 Å². The summed E-state index contributed by atoms with van der Waals surface area (Å²) in [6.45, 7) is 8.28. The third-order valence-electron chi connectivity index (χ3n) is 4.73. The van der Waals surface area contributed by atoms with Crippen LogP contribution < -0.4 is 10.2 Å². The highest BCUT2D eigenvalue weighted by Gasteiger charge is 2.15. The number of nitrogens with one attached hydrogen (secondary N) is 1. The predicted molar refractivity (Wildman–Crippen MR) is 117 cm³/mol. The van der Waals surface area contributed by atoms with Gasteiger partial charge in [0.2, 0.25) is 0 Å². The number of ether oxygens (including phenoxy) is 1. The van der Waals surface area contributed by atoms with Crippen LogP contribution in [0.2, 0.25) is 0 Å². The summed E-state index contributed by atoms with van der Waals surface area (Å²) in [6, 6.07) is 17.1. The monoisotopic (exact) mass is 390 g/mol. The molecular formula is C24H26N2O3. The van der Waals surface area contributed by atoms with Crippen molar-refractivity contribution >= 4 is 22.9 Å². The molecule has 0 aliphatic heterocycles. The van der Waals surface area contributed by atoms with Crippen LogP contribution >= 0.6 is 0 Å². The third kappa shape index (κ3) is 4.93. The van der Waals surface area contributed by atoms with Crippen molar-refractivity contribution in [3.05, 3.63) is 71.3 Å². The van der Waals surface area contributed by atoms with Crippen LogP contribution in [-0.2, 0) is 10.2 Å². The van der Waals surface area contributed by atoms with Crippen molar-refractivity contribution in [2.45, 2.75) is 33.1 Å². The molecule has 0 spiro atoms. The molecule has 0 unspecified atom stereocenters. The number of carbonyl (C=O) groups excluding carboxylic acids is 1. The van der Waals surface area contributed by atoms with E-state index in [0.717, 1.165) is 16.3 Å². The summed E-state index contributed by atoms with van der Waals surface area (Å²) >= 11 is 0. The second kappa shape index (κ2) is 8.35. The average Bonchev–Trinajstić information content (AvgIpc) is 2.68. The molecule has 0 atom stereocenters. The molecule has 0 saturated heterocycles. The zero-order chi connectivity index (χ0) is 21.0. The van der Waals surface area contributed by atoms with E-state index in [-0.39, 0.29) is 23.7 Å². The molecule has 5 nitrogen and oxygen atoms in total. The molecule has 1 amide bonds. The molecule has 29 heavy (non-hydrogen) atoms. The number of nitrogens with zero attached hydrogens (tertiary/aromatic N) is 1. The molecule has 0 saturated carbocycles. The van der Waals surface area contributed by atoms with Gasteiger partial charge in [-0.05, 0) is 46.4 Å². The van der Waals surface area contributed by atoms with Crippen LogP contribution in [0.15, 0.2) is 59.7 Å². The van der Waals surface area contributed by atoms with E-state index in [0.29, 0.717) is 11.3 Å². The Morgan fingerprint density at radius 3 is 2.62 bits per heavy atom. The molecular weight excluding hydrogens is 364 g/mol. The average molecular weight is 390 g/mol. The first-order valence-electron chi connectivity index (χ1n) is 9.52. The van der Waals surface area contributed by atoms with E-state index in [2.05, 4.69) is 37.4 Å². The van der Waals surface area contributed by atoms with Crippen LogP contribution in [0.4, 0.5) is 0 Å². The number of hydrogen-bond donors (Lipinski definition) is 2. The van der Waals surface area contributed by atoms with Gasteiger partial charge >= 0.3 is 0 Å². The fourth-order valence-electron chi connectivity index (χ4n) is 3.04. The third-order valence-corrected chi connectivity index (χ3v) is 4.73. The number of benzene rings is 3. The summed E-state index contributed by atoms with van der Waals surface area (Å²) in [6.07, 6.45) is 1.44. The molecule has 0 radical (unpaired) electrons. The summed E-state index contributed by atoms with van der Waals surface area (Å²) in [4.78, 5) is 12.1. The normalized spacial score (nSPS) is 11.7.